The van der Waals surface area contributed by atoms with Crippen molar-refractivity contribution in [1.29, 1.82) is 0 Å². The molecule has 0 aliphatic heterocycles. The summed E-state index contributed by atoms with van der Waals surface area (Å²) < 4.78 is 37.3. The molecule has 2 aromatic rings. The van der Waals surface area contributed by atoms with E-state index in [2.05, 4.69) is 4.72 Å². The van der Waals surface area contributed by atoms with E-state index < -0.39 is 10.0 Å². The van der Waals surface area contributed by atoms with Gasteiger partial charge in [-0.2, -0.15) is 0 Å². The fourth-order valence-corrected chi connectivity index (χ4v) is 3.32. The first-order valence-electron chi connectivity index (χ1n) is 6.40. The van der Waals surface area contributed by atoms with Crippen molar-refractivity contribution in [2.45, 2.75) is 11.5 Å². The van der Waals surface area contributed by atoms with E-state index in [1.165, 1.54) is 25.3 Å². The highest BCUT2D eigenvalue weighted by atomic mass is 35.5. The fourth-order valence-electron chi connectivity index (χ4n) is 1.92. The summed E-state index contributed by atoms with van der Waals surface area (Å²) in [5.74, 6) is 0.419. The molecule has 0 unspecified atom stereocenters. The van der Waals surface area contributed by atoms with E-state index in [-0.39, 0.29) is 9.92 Å². The Morgan fingerprint density at radius 3 is 2.55 bits per heavy atom. The topological polar surface area (TPSA) is 64.6 Å². The Morgan fingerprint density at radius 1 is 1.14 bits per heavy atom. The molecular weight excluding hydrogens is 326 g/mol. The molecule has 1 N–H and O–H groups in total. The van der Waals surface area contributed by atoms with Gasteiger partial charge in [0.2, 0.25) is 0 Å². The summed E-state index contributed by atoms with van der Waals surface area (Å²) in [6.07, 6.45) is 0. The van der Waals surface area contributed by atoms with Crippen LogP contribution in [0.3, 0.4) is 0 Å². The SMILES string of the molecule is COCc1cccc(NS(=O)(=O)c2ccc(OC)c(Cl)c2)c1. The van der Waals surface area contributed by atoms with Gasteiger partial charge in [0, 0.05) is 12.8 Å². The summed E-state index contributed by atoms with van der Waals surface area (Å²) in [5, 5.41) is 0.235. The van der Waals surface area contributed by atoms with Gasteiger partial charge in [-0.1, -0.05) is 23.7 Å². The van der Waals surface area contributed by atoms with Crippen LogP contribution >= 0.6 is 11.6 Å². The van der Waals surface area contributed by atoms with Crippen molar-refractivity contribution in [3.63, 3.8) is 0 Å². The predicted octanol–water partition coefficient (Wildman–Crippen LogP) is 3.30. The molecule has 0 atom stereocenters. The minimum Gasteiger partial charge on any atom is -0.495 e. The van der Waals surface area contributed by atoms with Crippen LogP contribution in [-0.4, -0.2) is 22.6 Å². The molecule has 22 heavy (non-hydrogen) atoms. The van der Waals surface area contributed by atoms with Gasteiger partial charge in [-0.25, -0.2) is 8.42 Å². The highest BCUT2D eigenvalue weighted by molar-refractivity contribution is 7.92. The maximum atomic E-state index is 12.4. The highest BCUT2D eigenvalue weighted by Gasteiger charge is 2.16. The maximum absolute atomic E-state index is 12.4. The standard InChI is InChI=1S/C15H16ClNO4S/c1-20-10-11-4-3-5-12(8-11)17-22(18,19)13-6-7-15(21-2)14(16)9-13/h3-9,17H,10H2,1-2H3. The van der Waals surface area contributed by atoms with Crippen LogP contribution in [0.25, 0.3) is 0 Å². The molecule has 0 saturated heterocycles. The average Bonchev–Trinajstić information content (AvgIpc) is 2.47. The minimum absolute atomic E-state index is 0.0652. The second-order valence-corrected chi connectivity index (χ2v) is 6.62. The summed E-state index contributed by atoms with van der Waals surface area (Å²) in [5.41, 5.74) is 1.33. The van der Waals surface area contributed by atoms with Crippen LogP contribution in [0.5, 0.6) is 5.75 Å². The van der Waals surface area contributed by atoms with Crippen LogP contribution in [0.1, 0.15) is 5.56 Å². The molecule has 0 spiro atoms. The fraction of sp³-hybridized carbons (Fsp3) is 0.200. The monoisotopic (exact) mass is 341 g/mol. The summed E-state index contributed by atoms with van der Waals surface area (Å²) in [7, 11) is -0.677. The zero-order chi connectivity index (χ0) is 16.2. The lowest BCUT2D eigenvalue weighted by Gasteiger charge is -2.11. The molecule has 2 aromatic carbocycles. The molecule has 2 rings (SSSR count). The number of hydrogen-bond acceptors (Lipinski definition) is 4. The molecule has 5 nitrogen and oxygen atoms in total. The van der Waals surface area contributed by atoms with Gasteiger partial charge in [0.15, 0.2) is 0 Å². The van der Waals surface area contributed by atoms with Gasteiger partial charge in [-0.3, -0.25) is 4.72 Å². The third-order valence-corrected chi connectivity index (χ3v) is 4.60. The Hall–Kier alpha value is -1.76. The third-order valence-electron chi connectivity index (χ3n) is 2.92. The molecule has 0 amide bonds. The van der Waals surface area contributed by atoms with Crippen molar-refractivity contribution in [1.82, 2.24) is 0 Å². The number of hydrogen-bond donors (Lipinski definition) is 1. The van der Waals surface area contributed by atoms with Crippen molar-refractivity contribution in [2.75, 3.05) is 18.9 Å². The molecule has 0 saturated carbocycles. The Balaban J connectivity index is 2.27. The lowest BCUT2D eigenvalue weighted by atomic mass is 10.2. The number of ether oxygens (including phenoxy) is 2. The van der Waals surface area contributed by atoms with Crippen molar-refractivity contribution >= 4 is 27.3 Å². The van der Waals surface area contributed by atoms with E-state index in [0.717, 1.165) is 5.56 Å². The second-order valence-electron chi connectivity index (χ2n) is 4.54. The summed E-state index contributed by atoms with van der Waals surface area (Å²) in [4.78, 5) is 0.0652. The van der Waals surface area contributed by atoms with E-state index in [1.807, 2.05) is 6.07 Å². The number of halogens is 1. The van der Waals surface area contributed by atoms with E-state index in [9.17, 15) is 8.42 Å². The first kappa shape index (κ1) is 16.6. The Kier molecular flexibility index (Phi) is 5.28. The van der Waals surface area contributed by atoms with Gasteiger partial charge in [-0.15, -0.1) is 0 Å². The summed E-state index contributed by atoms with van der Waals surface area (Å²) in [6, 6.07) is 11.3. The molecular formula is C15H16ClNO4S. The van der Waals surface area contributed by atoms with E-state index in [0.29, 0.717) is 18.0 Å². The average molecular weight is 342 g/mol. The highest BCUT2D eigenvalue weighted by Crippen LogP contribution is 2.28. The largest absolute Gasteiger partial charge is 0.495 e. The van der Waals surface area contributed by atoms with Crippen molar-refractivity contribution in [3.8, 4) is 5.75 Å². The van der Waals surface area contributed by atoms with E-state index in [1.54, 1.807) is 25.3 Å². The number of rotatable bonds is 6. The number of nitrogens with one attached hydrogen (secondary N) is 1. The Bertz CT molecular complexity index is 762. The van der Waals surface area contributed by atoms with Gasteiger partial charge >= 0.3 is 0 Å². The Morgan fingerprint density at radius 2 is 1.91 bits per heavy atom. The van der Waals surface area contributed by atoms with Gasteiger partial charge in [0.05, 0.1) is 23.6 Å². The molecule has 7 heteroatoms. The zero-order valence-corrected chi connectivity index (χ0v) is 13.7. The van der Waals surface area contributed by atoms with E-state index >= 15 is 0 Å². The van der Waals surface area contributed by atoms with Crippen LogP contribution in [0, 0.1) is 0 Å². The minimum atomic E-state index is -3.72. The van der Waals surface area contributed by atoms with Gasteiger partial charge < -0.3 is 9.47 Å². The van der Waals surface area contributed by atoms with Crippen LogP contribution in [0.15, 0.2) is 47.4 Å². The van der Waals surface area contributed by atoms with Crippen molar-refractivity contribution in [3.05, 3.63) is 53.1 Å². The molecule has 0 heterocycles. The van der Waals surface area contributed by atoms with Crippen molar-refractivity contribution < 1.29 is 17.9 Å². The zero-order valence-electron chi connectivity index (χ0n) is 12.2. The normalized spacial score (nSPS) is 11.2. The Labute approximate surface area is 134 Å². The van der Waals surface area contributed by atoms with Crippen LogP contribution < -0.4 is 9.46 Å². The third kappa shape index (κ3) is 3.91. The molecule has 0 aliphatic rings. The molecule has 0 aromatic heterocycles. The molecule has 0 bridgehead atoms. The van der Waals surface area contributed by atoms with E-state index in [4.69, 9.17) is 21.1 Å². The lowest BCUT2D eigenvalue weighted by Crippen LogP contribution is -2.13. The molecule has 0 aliphatic carbocycles. The van der Waals surface area contributed by atoms with Gasteiger partial charge in [0.1, 0.15) is 5.75 Å². The number of anilines is 1. The smallest absolute Gasteiger partial charge is 0.261 e. The van der Waals surface area contributed by atoms with Gasteiger partial charge in [-0.05, 0) is 35.9 Å². The lowest BCUT2D eigenvalue weighted by molar-refractivity contribution is 0.185. The van der Waals surface area contributed by atoms with Crippen LogP contribution in [0.2, 0.25) is 5.02 Å². The first-order valence-corrected chi connectivity index (χ1v) is 8.26. The molecule has 0 radical (unpaired) electrons. The van der Waals surface area contributed by atoms with Crippen LogP contribution in [-0.2, 0) is 21.4 Å². The quantitative estimate of drug-likeness (QED) is 0.875. The second kappa shape index (κ2) is 7.00. The van der Waals surface area contributed by atoms with Crippen LogP contribution in [0.4, 0.5) is 5.69 Å². The van der Waals surface area contributed by atoms with Gasteiger partial charge in [0.25, 0.3) is 10.0 Å². The summed E-state index contributed by atoms with van der Waals surface area (Å²) >= 11 is 5.97. The predicted molar refractivity (Wildman–Crippen MR) is 86.0 cm³/mol. The number of sulfonamides is 1. The molecule has 118 valence electrons. The maximum Gasteiger partial charge on any atom is 0.261 e. The molecule has 0 fully saturated rings. The number of benzene rings is 2. The summed E-state index contributed by atoms with van der Waals surface area (Å²) in [6.45, 7) is 0.407. The first-order chi connectivity index (χ1) is 10.5. The van der Waals surface area contributed by atoms with Crippen molar-refractivity contribution in [2.24, 2.45) is 0 Å². The number of methoxy groups -OCH3 is 2.